The molecule has 0 unspecified atom stereocenters. The Hall–Kier alpha value is -4.19. The second-order valence-corrected chi connectivity index (χ2v) is 19.3. The van der Waals surface area contributed by atoms with Crippen molar-refractivity contribution in [1.82, 2.24) is 36.0 Å². The van der Waals surface area contributed by atoms with Crippen molar-refractivity contribution in [2.45, 2.75) is 160 Å². The zero-order valence-corrected chi connectivity index (χ0v) is 39.2. The maximum atomic E-state index is 14.9. The molecule has 0 radical (unpaired) electrons. The smallest absolute Gasteiger partial charge is 0.354 e. The Kier molecular flexibility index (Phi) is 17.6. The summed E-state index contributed by atoms with van der Waals surface area (Å²) in [4.78, 5) is 102. The molecule has 2 aliphatic carbocycles. The third-order valence-electron chi connectivity index (χ3n) is 12.9. The number of carbonyl (C=O) groups is 7. The van der Waals surface area contributed by atoms with Gasteiger partial charge in [-0.1, -0.05) is 57.3 Å². The molecule has 20 heteroatoms. The van der Waals surface area contributed by atoms with Gasteiger partial charge in [0.05, 0.1) is 6.54 Å². The van der Waals surface area contributed by atoms with Crippen molar-refractivity contribution in [1.29, 1.82) is 0 Å². The number of alkyl halides is 4. The molecule has 4 aliphatic rings. The first-order valence-electron chi connectivity index (χ1n) is 22.9. The molecule has 4 N–H and O–H groups in total. The van der Waals surface area contributed by atoms with Crippen molar-refractivity contribution >= 4 is 64.6 Å². The van der Waals surface area contributed by atoms with Crippen LogP contribution in [0.3, 0.4) is 0 Å². The molecule has 0 spiro atoms. The van der Waals surface area contributed by atoms with Crippen molar-refractivity contribution in [2.24, 2.45) is 17.3 Å². The zero-order chi connectivity index (χ0) is 48.0. The lowest BCUT2D eigenvalue weighted by molar-refractivity contribution is -0.199. The van der Waals surface area contributed by atoms with Gasteiger partial charge in [0.1, 0.15) is 47.8 Å². The molecule has 7 amide bonds. The van der Waals surface area contributed by atoms with Crippen LogP contribution < -0.4 is 21.3 Å². The van der Waals surface area contributed by atoms with Crippen LogP contribution in [-0.2, 0) is 40.0 Å². The highest BCUT2D eigenvalue weighted by Gasteiger charge is 2.70. The quantitative estimate of drug-likeness (QED) is 0.184. The number of likely N-dealkylation sites (N-methyl/N-ethyl adjacent to an activating group) is 1. The van der Waals surface area contributed by atoms with Gasteiger partial charge in [-0.3, -0.25) is 33.6 Å². The van der Waals surface area contributed by atoms with Gasteiger partial charge in [-0.15, -0.1) is 0 Å². The van der Waals surface area contributed by atoms with E-state index >= 15 is 0 Å². The molecular weight excluding hydrogens is 897 g/mol. The lowest BCUT2D eigenvalue weighted by atomic mass is 9.97. The fraction of sp³-hybridized carbons (Fsp3) is 0.711. The van der Waals surface area contributed by atoms with E-state index in [1.54, 1.807) is 18.2 Å². The molecule has 1 aromatic carbocycles. The third kappa shape index (κ3) is 12.6. The van der Waals surface area contributed by atoms with Gasteiger partial charge in [0, 0.05) is 43.0 Å². The average Bonchev–Trinajstić information content (AvgIpc) is 4.19. The maximum Gasteiger partial charge on any atom is 0.403 e. The van der Waals surface area contributed by atoms with Crippen LogP contribution in [0.1, 0.15) is 110 Å². The minimum atomic E-state index is -4.88. The molecule has 2 heterocycles. The van der Waals surface area contributed by atoms with Gasteiger partial charge in [-0.25, -0.2) is 4.39 Å². The molecule has 362 valence electrons. The van der Waals surface area contributed by atoms with Crippen LogP contribution in [0.5, 0.6) is 0 Å². The lowest BCUT2D eigenvalue weighted by Crippen LogP contribution is -2.61. The summed E-state index contributed by atoms with van der Waals surface area (Å²) >= 11 is 12.9. The van der Waals surface area contributed by atoms with Crippen LogP contribution in [0, 0.1) is 17.3 Å². The number of hydrogen-bond acceptors (Lipinski definition) is 7. The highest BCUT2D eigenvalue weighted by molar-refractivity contribution is 6.33. The zero-order valence-electron chi connectivity index (χ0n) is 37.7. The fourth-order valence-electron chi connectivity index (χ4n) is 8.91. The fourth-order valence-corrected chi connectivity index (χ4v) is 9.30. The van der Waals surface area contributed by atoms with Crippen LogP contribution >= 0.6 is 23.2 Å². The first-order valence-corrected chi connectivity index (χ1v) is 23.6. The third-order valence-corrected chi connectivity index (χ3v) is 13.5. The monoisotopic (exact) mass is 959 g/mol. The van der Waals surface area contributed by atoms with Crippen molar-refractivity contribution in [2.75, 3.05) is 26.7 Å². The summed E-state index contributed by atoms with van der Waals surface area (Å²) in [7, 11) is 1.38. The minimum absolute atomic E-state index is 0.0650. The number of likely N-dealkylation sites (tertiary alicyclic amines) is 1. The van der Waals surface area contributed by atoms with Crippen molar-refractivity contribution in [3.05, 3.63) is 33.8 Å². The number of rotatable bonds is 14. The van der Waals surface area contributed by atoms with Crippen LogP contribution in [0.2, 0.25) is 10.0 Å². The van der Waals surface area contributed by atoms with E-state index in [1.165, 1.54) is 16.8 Å². The van der Waals surface area contributed by atoms with Gasteiger partial charge in [0.25, 0.3) is 0 Å². The van der Waals surface area contributed by atoms with E-state index < -0.39 is 127 Å². The highest BCUT2D eigenvalue weighted by atomic mass is 35.5. The number of amides is 7. The summed E-state index contributed by atoms with van der Waals surface area (Å²) in [5, 5.41) is 11.9. The number of halogens is 6. The van der Waals surface area contributed by atoms with E-state index in [9.17, 15) is 51.1 Å². The standard InChI is InChI=1S/C45H63Cl2F4N7O7/c1-6-10-31-37(59)52-18-9-8-11-33(38(60)54-32(20-25(3)4)41(63)57(19-7-2)34(39(61)53-31)22-27-21-28(46)14-15-30(27)47)56(5)42(64)36(26-12-13-26)55-40(62)35-23-29(48)24-58(35)43(65)44(16-17-44)45(49,50)51/h14-15,21,25-26,29,31-36H,6-13,16-20,22-24H2,1-5H3,(H,52,59)(H,53,61)(H,54,60)(H,55,62)/t29-,31-,32+,33+,34+,35+,36+/m1/s1. The highest BCUT2D eigenvalue weighted by Crippen LogP contribution is 2.59. The number of nitrogens with zero attached hydrogens (tertiary/aromatic N) is 3. The molecule has 1 aromatic rings. The summed E-state index contributed by atoms with van der Waals surface area (Å²) < 4.78 is 56.6. The van der Waals surface area contributed by atoms with E-state index in [0.717, 1.165) is 0 Å². The van der Waals surface area contributed by atoms with Crippen molar-refractivity contribution in [3.63, 3.8) is 0 Å². The lowest BCUT2D eigenvalue weighted by Gasteiger charge is -2.37. The number of hydrogen-bond donors (Lipinski definition) is 4. The first-order chi connectivity index (χ1) is 30.6. The molecule has 65 heavy (non-hydrogen) atoms. The summed E-state index contributed by atoms with van der Waals surface area (Å²) in [6.45, 7) is 6.98. The Bertz CT molecular complexity index is 1930. The molecule has 0 bridgehead atoms. The molecule has 2 saturated carbocycles. The Morgan fingerprint density at radius 1 is 0.954 bits per heavy atom. The topological polar surface area (TPSA) is 177 Å². The normalized spacial score (nSPS) is 26.3. The van der Waals surface area contributed by atoms with Gasteiger partial charge in [-0.05, 0) is 99.8 Å². The van der Waals surface area contributed by atoms with Gasteiger partial charge in [0.15, 0.2) is 0 Å². The predicted octanol–water partition coefficient (Wildman–Crippen LogP) is 5.26. The molecule has 7 atom stereocenters. The molecule has 5 rings (SSSR count). The van der Waals surface area contributed by atoms with E-state index in [1.807, 2.05) is 27.7 Å². The number of nitrogens with one attached hydrogen (secondary N) is 4. The molecule has 2 saturated heterocycles. The van der Waals surface area contributed by atoms with E-state index in [-0.39, 0.29) is 38.3 Å². The Balaban J connectivity index is 1.45. The Morgan fingerprint density at radius 2 is 1.63 bits per heavy atom. The maximum absolute atomic E-state index is 14.9. The van der Waals surface area contributed by atoms with Gasteiger partial charge in [-0.2, -0.15) is 13.2 Å². The first kappa shape index (κ1) is 51.8. The Morgan fingerprint density at radius 3 is 2.23 bits per heavy atom. The summed E-state index contributed by atoms with van der Waals surface area (Å²) in [6.07, 6.45) is -5.01. The van der Waals surface area contributed by atoms with Crippen LogP contribution in [0.15, 0.2) is 18.2 Å². The average molecular weight is 961 g/mol. The molecule has 4 fully saturated rings. The predicted molar refractivity (Wildman–Crippen MR) is 235 cm³/mol. The van der Waals surface area contributed by atoms with E-state index in [2.05, 4.69) is 21.3 Å². The summed E-state index contributed by atoms with van der Waals surface area (Å²) in [5.41, 5.74) is -2.19. The minimum Gasteiger partial charge on any atom is -0.354 e. The van der Waals surface area contributed by atoms with Gasteiger partial charge in [0.2, 0.25) is 41.4 Å². The van der Waals surface area contributed by atoms with Crippen molar-refractivity contribution < 1.29 is 51.1 Å². The molecule has 0 aromatic heterocycles. The SMILES string of the molecule is CCC[C@H]1NC(=O)[C@H](Cc2cc(Cl)ccc2Cl)N(CCC)C(=O)[C@H](CC(C)C)NC(=O)[C@@H](N(C)C(=O)[C@@H](NC(=O)[C@@H]2C[C@@H](F)CN2C(=O)C2(C(F)(F)F)CC2)C2CC2)CCCCNC1=O. The molecule has 14 nitrogen and oxygen atoms in total. The van der Waals surface area contributed by atoms with E-state index in [4.69, 9.17) is 23.2 Å². The van der Waals surface area contributed by atoms with Gasteiger partial charge >= 0.3 is 6.18 Å². The second kappa shape index (κ2) is 22.1. The summed E-state index contributed by atoms with van der Waals surface area (Å²) in [6, 6.07) is -2.60. The van der Waals surface area contributed by atoms with Crippen LogP contribution in [-0.4, -0.2) is 131 Å². The van der Waals surface area contributed by atoms with Crippen LogP contribution in [0.4, 0.5) is 17.6 Å². The molecule has 2 aliphatic heterocycles. The van der Waals surface area contributed by atoms with Crippen LogP contribution in [0.25, 0.3) is 0 Å². The number of carbonyl (C=O) groups excluding carboxylic acids is 7. The van der Waals surface area contributed by atoms with Crippen molar-refractivity contribution in [3.8, 4) is 0 Å². The molecular formula is C45H63Cl2F4N7O7. The Labute approximate surface area is 388 Å². The number of benzene rings is 1. The van der Waals surface area contributed by atoms with E-state index in [0.29, 0.717) is 65.5 Å². The van der Waals surface area contributed by atoms with Gasteiger partial charge < -0.3 is 36.0 Å². The second-order valence-electron chi connectivity index (χ2n) is 18.5. The summed E-state index contributed by atoms with van der Waals surface area (Å²) in [5.74, 6) is -5.87. The largest absolute Gasteiger partial charge is 0.403 e.